The van der Waals surface area contributed by atoms with E-state index in [-0.39, 0.29) is 22.9 Å². The monoisotopic (exact) mass is 692 g/mol. The summed E-state index contributed by atoms with van der Waals surface area (Å²) in [6, 6.07) is 35.3. The van der Waals surface area contributed by atoms with Gasteiger partial charge in [-0.05, 0) is 72.3 Å². The quantitative estimate of drug-likeness (QED) is 0.0519. The molecular formula is C37H29ClN4O6S. The summed E-state index contributed by atoms with van der Waals surface area (Å²) in [5, 5.41) is 19.6. The Labute approximate surface area is 291 Å². The van der Waals surface area contributed by atoms with Gasteiger partial charge < -0.3 is 20.7 Å². The maximum absolute atomic E-state index is 13.5. The van der Waals surface area contributed by atoms with Crippen molar-refractivity contribution in [3.63, 3.8) is 0 Å². The largest absolute Gasteiger partial charge is 0.495 e. The predicted octanol–water partition coefficient (Wildman–Crippen LogP) is 8.14. The van der Waals surface area contributed by atoms with Crippen molar-refractivity contribution in [2.75, 3.05) is 17.7 Å². The van der Waals surface area contributed by atoms with Crippen molar-refractivity contribution in [1.82, 2.24) is 5.32 Å². The highest BCUT2D eigenvalue weighted by Gasteiger charge is 2.23. The maximum atomic E-state index is 13.5. The number of halogens is 1. The Bertz CT molecular complexity index is 2010. The maximum Gasteiger partial charge on any atom is 0.276 e. The first-order valence-corrected chi connectivity index (χ1v) is 16.1. The van der Waals surface area contributed by atoms with Gasteiger partial charge in [0.15, 0.2) is 0 Å². The Hall–Kier alpha value is -5.91. The molecule has 0 saturated carbocycles. The summed E-state index contributed by atoms with van der Waals surface area (Å²) >= 11 is 7.57. The second-order valence-electron chi connectivity index (χ2n) is 10.4. The third-order valence-corrected chi connectivity index (χ3v) is 8.65. The molecule has 49 heavy (non-hydrogen) atoms. The first-order chi connectivity index (χ1) is 23.7. The molecule has 246 valence electrons. The molecule has 1 unspecified atom stereocenters. The van der Waals surface area contributed by atoms with E-state index < -0.39 is 22.0 Å². The summed E-state index contributed by atoms with van der Waals surface area (Å²) in [7, 11) is 1.51. The van der Waals surface area contributed by atoms with Crippen LogP contribution in [0.25, 0.3) is 6.08 Å². The van der Waals surface area contributed by atoms with Gasteiger partial charge in [-0.1, -0.05) is 72.3 Å². The minimum absolute atomic E-state index is 0.139. The number of nitro groups is 1. The van der Waals surface area contributed by atoms with Crippen LogP contribution in [-0.4, -0.2) is 29.8 Å². The molecule has 0 spiro atoms. The van der Waals surface area contributed by atoms with Crippen LogP contribution in [0.3, 0.4) is 0 Å². The second kappa shape index (κ2) is 16.3. The van der Waals surface area contributed by atoms with Gasteiger partial charge in [-0.15, -0.1) is 11.8 Å². The van der Waals surface area contributed by atoms with Gasteiger partial charge in [-0.3, -0.25) is 24.5 Å². The van der Waals surface area contributed by atoms with E-state index in [4.69, 9.17) is 16.3 Å². The van der Waals surface area contributed by atoms with Crippen molar-refractivity contribution in [2.24, 2.45) is 0 Å². The molecule has 0 aliphatic carbocycles. The molecule has 0 aliphatic rings. The molecule has 5 aromatic carbocycles. The van der Waals surface area contributed by atoms with Crippen molar-refractivity contribution in [1.29, 1.82) is 0 Å². The summed E-state index contributed by atoms with van der Waals surface area (Å²) in [5.74, 6) is -1.03. The van der Waals surface area contributed by atoms with Crippen LogP contribution in [0.2, 0.25) is 5.02 Å². The summed E-state index contributed by atoms with van der Waals surface area (Å²) in [6.45, 7) is 0. The Kier molecular flexibility index (Phi) is 11.4. The van der Waals surface area contributed by atoms with Crippen LogP contribution < -0.4 is 20.7 Å². The fourth-order valence-corrected chi connectivity index (χ4v) is 5.96. The SMILES string of the molecule is COc1ccc(NC(=O)C(Sc2ccc(NC(=O)/C(=C/c3ccccc3[N+](=O)[O-])NC(=O)c3ccccc3)cc2)c2ccccc2)cc1Cl. The van der Waals surface area contributed by atoms with Gasteiger partial charge in [0, 0.05) is 27.9 Å². The second-order valence-corrected chi connectivity index (χ2v) is 12.0. The zero-order chi connectivity index (χ0) is 34.8. The molecule has 5 rings (SSSR count). The van der Waals surface area contributed by atoms with Crippen LogP contribution in [0.1, 0.15) is 26.7 Å². The minimum atomic E-state index is -0.692. The number of carbonyl (C=O) groups is 3. The number of rotatable bonds is 12. The summed E-state index contributed by atoms with van der Waals surface area (Å²) in [6.07, 6.45) is 1.26. The van der Waals surface area contributed by atoms with Gasteiger partial charge in [0.1, 0.15) is 16.7 Å². The standard InChI is InChI=1S/C37H29ClN4O6S/c1-48-33-21-18-28(23-30(33)38)40-37(45)34(24-10-4-2-5-11-24)49-29-19-16-27(17-20-29)39-36(44)31(41-35(43)25-12-6-3-7-13-25)22-26-14-8-9-15-32(26)42(46)47/h2-23,34H,1H3,(H,39,44)(H,40,45)(H,41,43)/b31-22-. The van der Waals surface area contributed by atoms with Crippen LogP contribution in [0.4, 0.5) is 17.1 Å². The molecule has 0 aromatic heterocycles. The number of carbonyl (C=O) groups excluding carboxylic acids is 3. The van der Waals surface area contributed by atoms with Crippen LogP contribution in [-0.2, 0) is 9.59 Å². The number of para-hydroxylation sites is 1. The third-order valence-electron chi connectivity index (χ3n) is 7.09. The van der Waals surface area contributed by atoms with E-state index in [0.29, 0.717) is 27.7 Å². The van der Waals surface area contributed by atoms with Gasteiger partial charge in [0.25, 0.3) is 17.5 Å². The number of anilines is 2. The van der Waals surface area contributed by atoms with E-state index in [1.807, 2.05) is 30.3 Å². The van der Waals surface area contributed by atoms with Gasteiger partial charge in [0.05, 0.1) is 22.6 Å². The van der Waals surface area contributed by atoms with Crippen molar-refractivity contribution in [2.45, 2.75) is 10.1 Å². The molecule has 3 amide bonds. The van der Waals surface area contributed by atoms with Crippen LogP contribution in [0, 0.1) is 10.1 Å². The van der Waals surface area contributed by atoms with Gasteiger partial charge >= 0.3 is 0 Å². The first-order valence-electron chi connectivity index (χ1n) is 14.8. The van der Waals surface area contributed by atoms with Gasteiger partial charge in [-0.25, -0.2) is 0 Å². The Balaban J connectivity index is 1.35. The van der Waals surface area contributed by atoms with E-state index in [1.54, 1.807) is 78.9 Å². The molecular weight excluding hydrogens is 664 g/mol. The zero-order valence-electron chi connectivity index (χ0n) is 26.0. The van der Waals surface area contributed by atoms with Crippen LogP contribution >= 0.6 is 23.4 Å². The molecule has 0 heterocycles. The number of hydrogen-bond acceptors (Lipinski definition) is 7. The topological polar surface area (TPSA) is 140 Å². The summed E-state index contributed by atoms with van der Waals surface area (Å²) in [5.41, 5.74) is 1.71. The normalized spacial score (nSPS) is 11.6. The Morgan fingerprint density at radius 2 is 1.45 bits per heavy atom. The highest BCUT2D eigenvalue weighted by atomic mass is 35.5. The van der Waals surface area contributed by atoms with Crippen LogP contribution in [0.15, 0.2) is 138 Å². The first kappa shape index (κ1) is 34.4. The molecule has 3 N–H and O–H groups in total. The van der Waals surface area contributed by atoms with E-state index in [0.717, 1.165) is 10.5 Å². The summed E-state index contributed by atoms with van der Waals surface area (Å²) in [4.78, 5) is 51.8. The van der Waals surface area contributed by atoms with Gasteiger partial charge in [0.2, 0.25) is 5.91 Å². The number of nitro benzene ring substituents is 1. The molecule has 10 nitrogen and oxygen atoms in total. The number of amides is 3. The minimum Gasteiger partial charge on any atom is -0.495 e. The third kappa shape index (κ3) is 9.13. The number of thioether (sulfide) groups is 1. The number of nitrogens with zero attached hydrogens (tertiary/aromatic N) is 1. The van der Waals surface area contributed by atoms with E-state index in [1.165, 1.54) is 43.1 Å². The Morgan fingerprint density at radius 1 is 0.816 bits per heavy atom. The number of benzene rings is 5. The molecule has 0 aliphatic heterocycles. The molecule has 12 heteroatoms. The van der Waals surface area contributed by atoms with Crippen LogP contribution in [0.5, 0.6) is 5.75 Å². The molecule has 0 bridgehead atoms. The number of nitrogens with one attached hydrogen (secondary N) is 3. The predicted molar refractivity (Wildman–Crippen MR) is 192 cm³/mol. The molecule has 1 atom stereocenters. The number of hydrogen-bond donors (Lipinski definition) is 3. The lowest BCUT2D eigenvalue weighted by Gasteiger charge is -2.18. The lowest BCUT2D eigenvalue weighted by molar-refractivity contribution is -0.385. The Morgan fingerprint density at radius 3 is 2.10 bits per heavy atom. The average molecular weight is 693 g/mol. The number of ether oxygens (including phenoxy) is 1. The fraction of sp³-hybridized carbons (Fsp3) is 0.0541. The van der Waals surface area contributed by atoms with E-state index in [2.05, 4.69) is 16.0 Å². The van der Waals surface area contributed by atoms with Gasteiger partial charge in [-0.2, -0.15) is 0 Å². The van der Waals surface area contributed by atoms with Crippen molar-refractivity contribution in [3.05, 3.63) is 165 Å². The highest BCUT2D eigenvalue weighted by molar-refractivity contribution is 8.00. The van der Waals surface area contributed by atoms with E-state index >= 15 is 0 Å². The average Bonchev–Trinajstić information content (AvgIpc) is 3.12. The molecule has 5 aromatic rings. The smallest absolute Gasteiger partial charge is 0.276 e. The lowest BCUT2D eigenvalue weighted by atomic mass is 10.1. The van der Waals surface area contributed by atoms with Crippen molar-refractivity contribution in [3.8, 4) is 5.75 Å². The molecule has 0 saturated heterocycles. The number of methoxy groups -OCH3 is 1. The van der Waals surface area contributed by atoms with E-state index in [9.17, 15) is 24.5 Å². The molecule has 0 radical (unpaired) electrons. The molecule has 0 fully saturated rings. The van der Waals surface area contributed by atoms with Crippen molar-refractivity contribution >= 4 is 64.2 Å². The fourth-order valence-electron chi connectivity index (χ4n) is 4.68. The highest BCUT2D eigenvalue weighted by Crippen LogP contribution is 2.37. The zero-order valence-corrected chi connectivity index (χ0v) is 27.5. The van der Waals surface area contributed by atoms with Crippen molar-refractivity contribution < 1.29 is 24.0 Å². The summed E-state index contributed by atoms with van der Waals surface area (Å²) < 4.78 is 5.20. The lowest BCUT2D eigenvalue weighted by Crippen LogP contribution is -2.30.